The summed E-state index contributed by atoms with van der Waals surface area (Å²) in [6.45, 7) is 6.71. The summed E-state index contributed by atoms with van der Waals surface area (Å²) in [5.41, 5.74) is 5.79. The van der Waals surface area contributed by atoms with Crippen LogP contribution in [0.2, 0.25) is 0 Å². The van der Waals surface area contributed by atoms with Crippen molar-refractivity contribution in [2.24, 2.45) is 0 Å². The third-order valence-electron chi connectivity index (χ3n) is 5.45. The Balaban J connectivity index is 1.86. The molecule has 4 heteroatoms. The first-order valence-corrected chi connectivity index (χ1v) is 10.3. The molecule has 1 unspecified atom stereocenters. The van der Waals surface area contributed by atoms with Gasteiger partial charge in [-0.05, 0) is 61.7 Å². The monoisotopic (exact) mass is 398 g/mol. The van der Waals surface area contributed by atoms with Crippen molar-refractivity contribution in [1.82, 2.24) is 9.97 Å². The Morgan fingerprint density at radius 3 is 2.63 bits per heavy atom. The molecule has 0 aliphatic rings. The highest BCUT2D eigenvalue weighted by Crippen LogP contribution is 2.39. The average Bonchev–Trinajstić information content (AvgIpc) is 2.75. The van der Waals surface area contributed by atoms with Gasteiger partial charge in [0.25, 0.3) is 0 Å². The fourth-order valence-corrected chi connectivity index (χ4v) is 3.90. The maximum atomic E-state index is 11.1. The minimum atomic E-state index is -0.0782. The predicted octanol–water partition coefficient (Wildman–Crippen LogP) is 5.73. The molecule has 0 aliphatic heterocycles. The Bertz CT molecular complexity index is 1190. The Morgan fingerprint density at radius 2 is 1.83 bits per heavy atom. The van der Waals surface area contributed by atoms with Crippen LogP contribution in [0.3, 0.4) is 0 Å². The van der Waals surface area contributed by atoms with Gasteiger partial charge in [-0.15, -0.1) is 0 Å². The molecule has 4 rings (SSSR count). The number of rotatable bonds is 6. The summed E-state index contributed by atoms with van der Waals surface area (Å²) in [6, 6.07) is 18.2. The number of aromatic hydroxyl groups is 1. The smallest absolute Gasteiger partial charge is 0.145 e. The van der Waals surface area contributed by atoms with E-state index in [-0.39, 0.29) is 11.7 Å². The minimum Gasteiger partial charge on any atom is -0.505 e. The molecule has 4 nitrogen and oxygen atoms in total. The van der Waals surface area contributed by atoms with Gasteiger partial charge in [0.05, 0.1) is 6.61 Å². The van der Waals surface area contributed by atoms with E-state index in [2.05, 4.69) is 41.2 Å². The first-order valence-electron chi connectivity index (χ1n) is 10.3. The highest BCUT2D eigenvalue weighted by atomic mass is 16.5. The number of hydrogen-bond donors (Lipinski definition) is 1. The predicted molar refractivity (Wildman–Crippen MR) is 120 cm³/mol. The topological polar surface area (TPSA) is 55.2 Å². The van der Waals surface area contributed by atoms with Crippen LogP contribution in [-0.4, -0.2) is 21.7 Å². The van der Waals surface area contributed by atoms with Gasteiger partial charge >= 0.3 is 0 Å². The second-order valence-corrected chi connectivity index (χ2v) is 7.62. The van der Waals surface area contributed by atoms with Gasteiger partial charge in [0.1, 0.15) is 17.0 Å². The van der Waals surface area contributed by atoms with Gasteiger partial charge in [-0.25, -0.2) is 0 Å². The summed E-state index contributed by atoms with van der Waals surface area (Å²) in [6.07, 6.45) is 4.22. The maximum Gasteiger partial charge on any atom is 0.145 e. The first kappa shape index (κ1) is 19.9. The van der Waals surface area contributed by atoms with Crippen molar-refractivity contribution in [1.29, 1.82) is 0 Å². The number of pyridine rings is 2. The number of ether oxygens (including phenoxy) is 1. The van der Waals surface area contributed by atoms with Gasteiger partial charge in [0, 0.05) is 41.4 Å². The molecule has 0 spiro atoms. The summed E-state index contributed by atoms with van der Waals surface area (Å²) in [4.78, 5) is 8.98. The molecule has 0 amide bonds. The van der Waals surface area contributed by atoms with Gasteiger partial charge in [0.2, 0.25) is 0 Å². The Kier molecular flexibility index (Phi) is 5.66. The van der Waals surface area contributed by atoms with E-state index >= 15 is 0 Å². The van der Waals surface area contributed by atoms with Crippen LogP contribution in [0, 0.1) is 13.8 Å². The number of phenols is 1. The number of aryl methyl sites for hydroxylation is 2. The second kappa shape index (κ2) is 8.54. The first-order chi connectivity index (χ1) is 14.6. The molecular formula is C26H26N2O2. The zero-order valence-electron chi connectivity index (χ0n) is 17.6. The zero-order chi connectivity index (χ0) is 21.1. The molecule has 2 heterocycles. The molecule has 0 aliphatic carbocycles. The van der Waals surface area contributed by atoms with Crippen LogP contribution >= 0.6 is 0 Å². The molecule has 0 saturated carbocycles. The lowest BCUT2D eigenvalue weighted by atomic mass is 9.85. The third-order valence-corrected chi connectivity index (χ3v) is 5.45. The van der Waals surface area contributed by atoms with Crippen LogP contribution in [-0.2, 0) is 6.42 Å². The van der Waals surface area contributed by atoms with Crippen LogP contribution in [0.4, 0.5) is 0 Å². The molecule has 4 aromatic rings. The van der Waals surface area contributed by atoms with E-state index in [0.29, 0.717) is 18.5 Å². The Hall–Kier alpha value is -3.40. The van der Waals surface area contributed by atoms with Crippen LogP contribution in [0.1, 0.15) is 40.8 Å². The molecule has 0 bridgehead atoms. The van der Waals surface area contributed by atoms with Crippen LogP contribution in [0.25, 0.3) is 10.9 Å². The standard InChI is InChI=1S/C26H26N2O2/c1-4-30-24-15-20(8-7-18(24)3)23(16-21-14-17(2)11-13-27-21)22-10-9-19-6-5-12-28-25(19)26(22)29/h5-15,23,29H,4,16H2,1-3H3. The maximum absolute atomic E-state index is 11.1. The lowest BCUT2D eigenvalue weighted by molar-refractivity contribution is 0.337. The largest absolute Gasteiger partial charge is 0.505 e. The van der Waals surface area contributed by atoms with Crippen molar-refractivity contribution in [3.05, 3.63) is 94.9 Å². The van der Waals surface area contributed by atoms with E-state index in [1.54, 1.807) is 6.20 Å². The van der Waals surface area contributed by atoms with E-state index in [1.807, 2.05) is 50.4 Å². The SMILES string of the molecule is CCOc1cc(C(Cc2cc(C)ccn2)c2ccc3cccnc3c2O)ccc1C. The summed E-state index contributed by atoms with van der Waals surface area (Å²) >= 11 is 0. The molecule has 2 aromatic carbocycles. The van der Waals surface area contributed by atoms with E-state index in [0.717, 1.165) is 33.5 Å². The molecule has 0 saturated heterocycles. The van der Waals surface area contributed by atoms with E-state index in [9.17, 15) is 5.11 Å². The summed E-state index contributed by atoms with van der Waals surface area (Å²) in [5, 5.41) is 12.0. The second-order valence-electron chi connectivity index (χ2n) is 7.62. The van der Waals surface area contributed by atoms with Crippen molar-refractivity contribution in [3.63, 3.8) is 0 Å². The Morgan fingerprint density at radius 1 is 0.967 bits per heavy atom. The molecule has 0 radical (unpaired) electrons. The van der Waals surface area contributed by atoms with Gasteiger partial charge in [-0.2, -0.15) is 0 Å². The number of phenolic OH excluding ortho intramolecular Hbond substituents is 1. The fourth-order valence-electron chi connectivity index (χ4n) is 3.90. The summed E-state index contributed by atoms with van der Waals surface area (Å²) in [5.74, 6) is 1.02. The minimum absolute atomic E-state index is 0.0782. The van der Waals surface area contributed by atoms with E-state index in [1.165, 1.54) is 5.56 Å². The highest BCUT2D eigenvalue weighted by Gasteiger charge is 2.22. The number of fused-ring (bicyclic) bond motifs is 1. The van der Waals surface area contributed by atoms with Crippen LogP contribution < -0.4 is 4.74 Å². The lowest BCUT2D eigenvalue weighted by Crippen LogP contribution is -2.08. The third kappa shape index (κ3) is 3.99. The van der Waals surface area contributed by atoms with E-state index in [4.69, 9.17) is 4.74 Å². The number of nitrogens with zero attached hydrogens (tertiary/aromatic N) is 2. The molecular weight excluding hydrogens is 372 g/mol. The molecule has 1 atom stereocenters. The average molecular weight is 399 g/mol. The lowest BCUT2D eigenvalue weighted by Gasteiger charge is -2.21. The number of benzene rings is 2. The quantitative estimate of drug-likeness (QED) is 0.451. The molecule has 152 valence electrons. The number of aromatic nitrogens is 2. The number of hydrogen-bond acceptors (Lipinski definition) is 4. The van der Waals surface area contributed by atoms with Crippen LogP contribution in [0.5, 0.6) is 11.5 Å². The van der Waals surface area contributed by atoms with Gasteiger partial charge in [-0.1, -0.05) is 30.3 Å². The van der Waals surface area contributed by atoms with Crippen molar-refractivity contribution < 1.29 is 9.84 Å². The normalized spacial score (nSPS) is 12.1. The van der Waals surface area contributed by atoms with Crippen molar-refractivity contribution in [2.75, 3.05) is 6.61 Å². The molecule has 2 aromatic heterocycles. The van der Waals surface area contributed by atoms with Crippen molar-refractivity contribution in [3.8, 4) is 11.5 Å². The Labute approximate surface area is 177 Å². The fraction of sp³-hybridized carbons (Fsp3) is 0.231. The highest BCUT2D eigenvalue weighted by molar-refractivity contribution is 5.85. The molecule has 0 fully saturated rings. The summed E-state index contributed by atoms with van der Waals surface area (Å²) in [7, 11) is 0. The van der Waals surface area contributed by atoms with Crippen molar-refractivity contribution >= 4 is 10.9 Å². The van der Waals surface area contributed by atoms with Gasteiger partial charge in [0.15, 0.2) is 0 Å². The zero-order valence-corrected chi connectivity index (χ0v) is 17.6. The van der Waals surface area contributed by atoms with Gasteiger partial charge < -0.3 is 9.84 Å². The van der Waals surface area contributed by atoms with E-state index < -0.39 is 0 Å². The molecule has 1 N–H and O–H groups in total. The summed E-state index contributed by atoms with van der Waals surface area (Å²) < 4.78 is 5.84. The molecule has 30 heavy (non-hydrogen) atoms. The van der Waals surface area contributed by atoms with Crippen molar-refractivity contribution in [2.45, 2.75) is 33.1 Å². The van der Waals surface area contributed by atoms with Gasteiger partial charge in [-0.3, -0.25) is 9.97 Å². The van der Waals surface area contributed by atoms with Crippen LogP contribution in [0.15, 0.2) is 67.0 Å².